The molecule has 0 saturated carbocycles. The fraction of sp³-hybridized carbons (Fsp3) is 0.263. The minimum absolute atomic E-state index is 0.0205. The molecule has 24 heavy (non-hydrogen) atoms. The summed E-state index contributed by atoms with van der Waals surface area (Å²) in [4.78, 5) is 22.1. The normalized spacial score (nSPS) is 20.7. The van der Waals surface area contributed by atoms with Crippen molar-refractivity contribution in [3.05, 3.63) is 65.7 Å². The van der Waals surface area contributed by atoms with Crippen LogP contribution >= 0.6 is 0 Å². The lowest BCUT2D eigenvalue weighted by Gasteiger charge is -2.25. The fourth-order valence-corrected chi connectivity index (χ4v) is 3.54. The highest BCUT2D eigenvalue weighted by Crippen LogP contribution is 2.35. The predicted molar refractivity (Wildman–Crippen MR) is 90.4 cm³/mol. The number of nitrogens with zero attached hydrogens (tertiary/aromatic N) is 2. The number of aromatic amines is 1. The Bertz CT molecular complexity index is 920. The molecule has 4 rings (SSSR count). The van der Waals surface area contributed by atoms with Gasteiger partial charge in [-0.3, -0.25) is 4.79 Å². The monoisotopic (exact) mass is 323 g/mol. The van der Waals surface area contributed by atoms with Crippen molar-refractivity contribution >= 4 is 16.9 Å². The van der Waals surface area contributed by atoms with Crippen molar-refractivity contribution in [3.63, 3.8) is 0 Å². The van der Waals surface area contributed by atoms with Crippen LogP contribution in [0.15, 0.2) is 48.8 Å². The molecule has 4 nitrogen and oxygen atoms in total. The highest BCUT2D eigenvalue weighted by atomic mass is 19.1. The average molecular weight is 323 g/mol. The Morgan fingerprint density at radius 1 is 1.29 bits per heavy atom. The van der Waals surface area contributed by atoms with Gasteiger partial charge in [0, 0.05) is 18.5 Å². The average Bonchev–Trinajstić information content (AvgIpc) is 3.21. The van der Waals surface area contributed by atoms with Gasteiger partial charge in [0.1, 0.15) is 11.3 Å². The molecule has 2 heterocycles. The number of hydrogen-bond acceptors (Lipinski definition) is 2. The second kappa shape index (κ2) is 5.44. The van der Waals surface area contributed by atoms with Crippen LogP contribution in [-0.4, -0.2) is 33.9 Å². The van der Waals surface area contributed by atoms with Gasteiger partial charge in [-0.2, -0.15) is 0 Å². The molecule has 2 aromatic carbocycles. The molecule has 0 radical (unpaired) electrons. The fourth-order valence-electron chi connectivity index (χ4n) is 3.54. The van der Waals surface area contributed by atoms with Crippen LogP contribution < -0.4 is 0 Å². The van der Waals surface area contributed by atoms with Crippen LogP contribution in [0.5, 0.6) is 0 Å². The van der Waals surface area contributed by atoms with Crippen molar-refractivity contribution in [2.24, 2.45) is 0 Å². The highest BCUT2D eigenvalue weighted by Gasteiger charge is 2.38. The van der Waals surface area contributed by atoms with E-state index in [2.05, 4.69) is 16.9 Å². The molecule has 1 unspecified atom stereocenters. The van der Waals surface area contributed by atoms with E-state index in [4.69, 9.17) is 0 Å². The lowest BCUT2D eigenvalue weighted by molar-refractivity contribution is 0.0786. The number of hydrogen-bond donors (Lipinski definition) is 1. The van der Waals surface area contributed by atoms with Crippen molar-refractivity contribution in [2.45, 2.75) is 18.8 Å². The number of likely N-dealkylation sites (tertiary alicyclic amines) is 1. The van der Waals surface area contributed by atoms with Crippen molar-refractivity contribution in [1.82, 2.24) is 14.9 Å². The first-order valence-corrected chi connectivity index (χ1v) is 8.04. The van der Waals surface area contributed by atoms with Crippen LogP contribution in [-0.2, 0) is 5.41 Å². The van der Waals surface area contributed by atoms with E-state index in [9.17, 15) is 9.18 Å². The maximum atomic E-state index is 13.6. The quantitative estimate of drug-likeness (QED) is 0.784. The van der Waals surface area contributed by atoms with E-state index >= 15 is 0 Å². The van der Waals surface area contributed by atoms with Crippen LogP contribution in [0.25, 0.3) is 11.0 Å². The van der Waals surface area contributed by atoms with E-state index in [1.807, 2.05) is 29.2 Å². The molecule has 1 atom stereocenters. The summed E-state index contributed by atoms with van der Waals surface area (Å²) >= 11 is 0. The van der Waals surface area contributed by atoms with Gasteiger partial charge in [-0.15, -0.1) is 0 Å². The van der Waals surface area contributed by atoms with Crippen molar-refractivity contribution in [3.8, 4) is 0 Å². The molecule has 0 spiro atoms. The molecule has 1 N–H and O–H groups in total. The van der Waals surface area contributed by atoms with Gasteiger partial charge in [0.05, 0.1) is 17.4 Å². The van der Waals surface area contributed by atoms with Gasteiger partial charge in [-0.05, 0) is 36.2 Å². The molecule has 0 bridgehead atoms. The largest absolute Gasteiger partial charge is 0.345 e. The Labute approximate surface area is 139 Å². The number of aromatic nitrogens is 2. The number of imidazole rings is 1. The molecular weight excluding hydrogens is 305 g/mol. The number of amides is 1. The number of carbonyl (C=O) groups is 1. The first-order valence-electron chi connectivity index (χ1n) is 8.04. The lowest BCUT2D eigenvalue weighted by atomic mass is 9.82. The summed E-state index contributed by atoms with van der Waals surface area (Å²) in [5.41, 5.74) is 2.87. The Morgan fingerprint density at radius 3 is 2.96 bits per heavy atom. The van der Waals surface area contributed by atoms with E-state index in [1.165, 1.54) is 6.07 Å². The van der Waals surface area contributed by atoms with Gasteiger partial charge in [-0.1, -0.05) is 25.1 Å². The SMILES string of the molecule is CC1(c2cccc(F)c2)CCN(C(=O)c2cccc3[nH]cnc23)C1. The molecule has 1 aliphatic heterocycles. The molecule has 1 fully saturated rings. The number of halogens is 1. The minimum Gasteiger partial charge on any atom is -0.345 e. The van der Waals surface area contributed by atoms with Gasteiger partial charge in [0.25, 0.3) is 5.91 Å². The third kappa shape index (κ3) is 2.37. The second-order valence-electron chi connectivity index (χ2n) is 6.65. The highest BCUT2D eigenvalue weighted by molar-refractivity contribution is 6.04. The van der Waals surface area contributed by atoms with Gasteiger partial charge in [0.15, 0.2) is 0 Å². The Balaban J connectivity index is 1.63. The Morgan fingerprint density at radius 2 is 2.12 bits per heavy atom. The van der Waals surface area contributed by atoms with Crippen molar-refractivity contribution in [1.29, 1.82) is 0 Å². The standard InChI is InChI=1S/C19H18FN3O/c1-19(13-4-2-5-14(20)10-13)8-9-23(11-19)18(24)15-6-3-7-16-17(15)22-12-21-16/h2-7,10,12H,8-9,11H2,1H3,(H,21,22). The van der Waals surface area contributed by atoms with Crippen LogP contribution in [0, 0.1) is 5.82 Å². The van der Waals surface area contributed by atoms with E-state index < -0.39 is 0 Å². The van der Waals surface area contributed by atoms with Crippen LogP contribution in [0.2, 0.25) is 0 Å². The number of H-pyrrole nitrogens is 1. The summed E-state index contributed by atoms with van der Waals surface area (Å²) in [6.07, 6.45) is 2.42. The number of nitrogens with one attached hydrogen (secondary N) is 1. The third-order valence-corrected chi connectivity index (χ3v) is 4.96. The van der Waals surface area contributed by atoms with E-state index in [0.29, 0.717) is 24.2 Å². The summed E-state index contributed by atoms with van der Waals surface area (Å²) < 4.78 is 13.6. The van der Waals surface area contributed by atoms with E-state index in [-0.39, 0.29) is 17.1 Å². The van der Waals surface area contributed by atoms with Gasteiger partial charge < -0.3 is 9.88 Å². The summed E-state index contributed by atoms with van der Waals surface area (Å²) in [6, 6.07) is 12.3. The predicted octanol–water partition coefficient (Wildman–Crippen LogP) is 3.51. The minimum atomic E-state index is -0.236. The van der Waals surface area contributed by atoms with E-state index in [0.717, 1.165) is 17.5 Å². The summed E-state index contributed by atoms with van der Waals surface area (Å²) in [5.74, 6) is -0.257. The van der Waals surface area contributed by atoms with Gasteiger partial charge in [0.2, 0.25) is 0 Å². The number of benzene rings is 2. The topological polar surface area (TPSA) is 49.0 Å². The number of carbonyl (C=O) groups excluding carboxylic acids is 1. The smallest absolute Gasteiger partial charge is 0.256 e. The van der Waals surface area contributed by atoms with E-state index in [1.54, 1.807) is 18.5 Å². The summed E-state index contributed by atoms with van der Waals surface area (Å²) in [6.45, 7) is 3.33. The lowest BCUT2D eigenvalue weighted by Crippen LogP contribution is -2.33. The molecule has 3 aromatic rings. The molecular formula is C19H18FN3O. The molecule has 1 aromatic heterocycles. The maximum absolute atomic E-state index is 13.6. The van der Waals surface area contributed by atoms with Gasteiger partial charge >= 0.3 is 0 Å². The second-order valence-corrected chi connectivity index (χ2v) is 6.65. The first-order chi connectivity index (χ1) is 11.6. The molecule has 5 heteroatoms. The molecule has 122 valence electrons. The van der Waals surface area contributed by atoms with Crippen molar-refractivity contribution < 1.29 is 9.18 Å². The Kier molecular flexibility index (Phi) is 3.37. The number of para-hydroxylation sites is 1. The Hall–Kier alpha value is -2.69. The summed E-state index contributed by atoms with van der Waals surface area (Å²) in [7, 11) is 0. The van der Waals surface area contributed by atoms with Crippen LogP contribution in [0.4, 0.5) is 4.39 Å². The summed E-state index contributed by atoms with van der Waals surface area (Å²) in [5, 5.41) is 0. The zero-order valence-electron chi connectivity index (χ0n) is 13.4. The zero-order chi connectivity index (χ0) is 16.7. The first kappa shape index (κ1) is 14.9. The number of fused-ring (bicyclic) bond motifs is 1. The maximum Gasteiger partial charge on any atom is 0.256 e. The van der Waals surface area contributed by atoms with Crippen LogP contribution in [0.1, 0.15) is 29.3 Å². The van der Waals surface area contributed by atoms with Gasteiger partial charge in [-0.25, -0.2) is 9.37 Å². The van der Waals surface area contributed by atoms with Crippen LogP contribution in [0.3, 0.4) is 0 Å². The number of rotatable bonds is 2. The third-order valence-electron chi connectivity index (χ3n) is 4.96. The molecule has 0 aliphatic carbocycles. The molecule has 1 saturated heterocycles. The zero-order valence-corrected chi connectivity index (χ0v) is 13.4. The van der Waals surface area contributed by atoms with Crippen molar-refractivity contribution in [2.75, 3.05) is 13.1 Å². The molecule has 1 amide bonds. The molecule has 1 aliphatic rings.